The standard InChI is InChI=1S/C12H16O6S/c1-8(2)11(12(13)14)18-10-5-3-9(4-6-10)7-19(15,16)17/h3-6,8,11H,7H2,1-2H3,(H,13,14)(H,15,16,17). The van der Waals surface area contributed by atoms with Crippen LogP contribution in [0.4, 0.5) is 0 Å². The minimum Gasteiger partial charge on any atom is -0.478 e. The molecule has 0 saturated heterocycles. The summed E-state index contributed by atoms with van der Waals surface area (Å²) in [4.78, 5) is 11.0. The Hall–Kier alpha value is -1.60. The van der Waals surface area contributed by atoms with Gasteiger partial charge in [0, 0.05) is 5.92 Å². The lowest BCUT2D eigenvalue weighted by atomic mass is 10.1. The van der Waals surface area contributed by atoms with E-state index in [9.17, 15) is 13.2 Å². The number of carboxylic acids is 1. The van der Waals surface area contributed by atoms with E-state index in [1.807, 2.05) is 0 Å². The van der Waals surface area contributed by atoms with Gasteiger partial charge in [0.25, 0.3) is 10.1 Å². The highest BCUT2D eigenvalue weighted by molar-refractivity contribution is 7.85. The molecule has 0 spiro atoms. The zero-order valence-corrected chi connectivity index (χ0v) is 11.4. The molecule has 0 aromatic heterocycles. The number of ether oxygens (including phenoxy) is 1. The molecule has 0 amide bonds. The fourth-order valence-electron chi connectivity index (χ4n) is 1.49. The number of benzene rings is 1. The maximum absolute atomic E-state index is 11.0. The molecular weight excluding hydrogens is 272 g/mol. The van der Waals surface area contributed by atoms with Gasteiger partial charge < -0.3 is 9.84 Å². The van der Waals surface area contributed by atoms with Crippen LogP contribution in [0.5, 0.6) is 5.75 Å². The molecule has 7 heteroatoms. The molecule has 0 aliphatic carbocycles. The van der Waals surface area contributed by atoms with E-state index in [1.54, 1.807) is 13.8 Å². The highest BCUT2D eigenvalue weighted by atomic mass is 32.2. The van der Waals surface area contributed by atoms with Gasteiger partial charge in [-0.3, -0.25) is 4.55 Å². The zero-order valence-electron chi connectivity index (χ0n) is 10.6. The van der Waals surface area contributed by atoms with E-state index in [0.717, 1.165) is 0 Å². The lowest BCUT2D eigenvalue weighted by Crippen LogP contribution is -2.32. The molecule has 0 aliphatic heterocycles. The normalized spacial score (nSPS) is 13.3. The molecule has 0 fully saturated rings. The number of aliphatic carboxylic acids is 1. The van der Waals surface area contributed by atoms with Crippen molar-refractivity contribution in [2.45, 2.75) is 25.7 Å². The van der Waals surface area contributed by atoms with Gasteiger partial charge in [-0.15, -0.1) is 0 Å². The Kier molecular flexibility index (Phi) is 4.90. The monoisotopic (exact) mass is 288 g/mol. The van der Waals surface area contributed by atoms with Crippen LogP contribution in [0, 0.1) is 5.92 Å². The summed E-state index contributed by atoms with van der Waals surface area (Å²) in [6.45, 7) is 3.46. The first-order chi connectivity index (χ1) is 8.69. The molecule has 19 heavy (non-hydrogen) atoms. The first-order valence-electron chi connectivity index (χ1n) is 5.62. The summed E-state index contributed by atoms with van der Waals surface area (Å²) in [6.07, 6.45) is -0.965. The third-order valence-corrected chi connectivity index (χ3v) is 3.08. The lowest BCUT2D eigenvalue weighted by molar-refractivity contribution is -0.147. The highest BCUT2D eigenvalue weighted by Crippen LogP contribution is 2.18. The Morgan fingerprint density at radius 2 is 1.79 bits per heavy atom. The summed E-state index contributed by atoms with van der Waals surface area (Å²) in [6, 6.07) is 5.86. The van der Waals surface area contributed by atoms with Crippen molar-refractivity contribution >= 4 is 16.1 Å². The third kappa shape index (κ3) is 5.27. The average molecular weight is 288 g/mol. The van der Waals surface area contributed by atoms with Crippen molar-refractivity contribution in [3.05, 3.63) is 29.8 Å². The molecule has 1 unspecified atom stereocenters. The molecule has 0 saturated carbocycles. The number of hydrogen-bond donors (Lipinski definition) is 2. The van der Waals surface area contributed by atoms with Crippen molar-refractivity contribution in [1.29, 1.82) is 0 Å². The van der Waals surface area contributed by atoms with Gasteiger partial charge in [0.2, 0.25) is 0 Å². The quantitative estimate of drug-likeness (QED) is 0.770. The van der Waals surface area contributed by atoms with Gasteiger partial charge in [-0.2, -0.15) is 8.42 Å². The Morgan fingerprint density at radius 1 is 1.26 bits per heavy atom. The summed E-state index contributed by atoms with van der Waals surface area (Å²) in [5.41, 5.74) is 0.395. The molecule has 106 valence electrons. The second-order valence-corrected chi connectivity index (χ2v) is 5.94. The first kappa shape index (κ1) is 15.5. The molecule has 0 radical (unpaired) electrons. The van der Waals surface area contributed by atoms with Crippen LogP contribution < -0.4 is 4.74 Å². The predicted molar refractivity (Wildman–Crippen MR) is 68.6 cm³/mol. The minimum absolute atomic E-state index is 0.199. The smallest absolute Gasteiger partial charge is 0.345 e. The van der Waals surface area contributed by atoms with Crippen molar-refractivity contribution in [3.63, 3.8) is 0 Å². The first-order valence-corrected chi connectivity index (χ1v) is 7.23. The van der Waals surface area contributed by atoms with E-state index >= 15 is 0 Å². The number of rotatable bonds is 6. The fourth-order valence-corrected chi connectivity index (χ4v) is 2.11. The molecule has 1 aromatic carbocycles. The Balaban J connectivity index is 2.79. The lowest BCUT2D eigenvalue weighted by Gasteiger charge is -2.18. The SMILES string of the molecule is CC(C)C(Oc1ccc(CS(=O)(=O)O)cc1)C(=O)O. The molecular formula is C12H16O6S. The van der Waals surface area contributed by atoms with Gasteiger partial charge in [0.15, 0.2) is 6.10 Å². The van der Waals surface area contributed by atoms with E-state index in [4.69, 9.17) is 14.4 Å². The van der Waals surface area contributed by atoms with E-state index in [-0.39, 0.29) is 5.92 Å². The van der Waals surface area contributed by atoms with Crippen LogP contribution in [-0.4, -0.2) is 30.2 Å². The summed E-state index contributed by atoms with van der Waals surface area (Å²) in [5.74, 6) is -1.41. The topological polar surface area (TPSA) is 101 Å². The van der Waals surface area contributed by atoms with Crippen LogP contribution in [0.15, 0.2) is 24.3 Å². The Morgan fingerprint density at radius 3 is 2.16 bits per heavy atom. The molecule has 1 aromatic rings. The maximum Gasteiger partial charge on any atom is 0.345 e. The van der Waals surface area contributed by atoms with Crippen LogP contribution >= 0.6 is 0 Å². The Bertz CT molecular complexity index is 532. The number of hydrogen-bond acceptors (Lipinski definition) is 4. The largest absolute Gasteiger partial charge is 0.478 e. The minimum atomic E-state index is -4.07. The summed E-state index contributed by atoms with van der Waals surface area (Å²) in [5, 5.41) is 8.98. The van der Waals surface area contributed by atoms with Gasteiger partial charge in [-0.1, -0.05) is 26.0 Å². The molecule has 1 atom stereocenters. The molecule has 2 N–H and O–H groups in total. The molecule has 0 heterocycles. The number of carboxylic acid groups (broad SMARTS) is 1. The van der Waals surface area contributed by atoms with Gasteiger partial charge in [0.1, 0.15) is 11.5 Å². The van der Waals surface area contributed by atoms with E-state index < -0.39 is 27.9 Å². The zero-order chi connectivity index (χ0) is 14.6. The average Bonchev–Trinajstić information content (AvgIpc) is 2.25. The van der Waals surface area contributed by atoms with E-state index in [1.165, 1.54) is 24.3 Å². The van der Waals surface area contributed by atoms with Crippen molar-refractivity contribution < 1.29 is 27.6 Å². The van der Waals surface area contributed by atoms with Gasteiger partial charge in [0.05, 0.1) is 0 Å². The van der Waals surface area contributed by atoms with E-state index in [2.05, 4.69) is 0 Å². The second-order valence-electron chi connectivity index (χ2n) is 4.49. The van der Waals surface area contributed by atoms with Crippen molar-refractivity contribution in [2.24, 2.45) is 5.92 Å². The van der Waals surface area contributed by atoms with Crippen LogP contribution in [0.2, 0.25) is 0 Å². The van der Waals surface area contributed by atoms with Gasteiger partial charge >= 0.3 is 5.97 Å². The van der Waals surface area contributed by atoms with Gasteiger partial charge in [-0.25, -0.2) is 4.79 Å². The fraction of sp³-hybridized carbons (Fsp3) is 0.417. The number of carbonyl (C=O) groups is 1. The van der Waals surface area contributed by atoms with Gasteiger partial charge in [-0.05, 0) is 17.7 Å². The third-order valence-electron chi connectivity index (χ3n) is 2.38. The van der Waals surface area contributed by atoms with Crippen molar-refractivity contribution in [1.82, 2.24) is 0 Å². The molecule has 0 aliphatic rings. The van der Waals surface area contributed by atoms with E-state index in [0.29, 0.717) is 11.3 Å². The summed E-state index contributed by atoms with van der Waals surface area (Å²) in [7, 11) is -4.07. The van der Waals surface area contributed by atoms with Crippen LogP contribution in [-0.2, 0) is 20.7 Å². The van der Waals surface area contributed by atoms with Crippen LogP contribution in [0.25, 0.3) is 0 Å². The summed E-state index contributed by atoms with van der Waals surface area (Å²) >= 11 is 0. The van der Waals surface area contributed by atoms with Crippen LogP contribution in [0.1, 0.15) is 19.4 Å². The van der Waals surface area contributed by atoms with Crippen molar-refractivity contribution in [3.8, 4) is 5.75 Å². The molecule has 0 bridgehead atoms. The van der Waals surface area contributed by atoms with Crippen LogP contribution in [0.3, 0.4) is 0 Å². The molecule has 6 nitrogen and oxygen atoms in total. The second kappa shape index (κ2) is 6.03. The van der Waals surface area contributed by atoms with Crippen molar-refractivity contribution in [2.75, 3.05) is 0 Å². The Labute approximate surface area is 111 Å². The predicted octanol–water partition coefficient (Wildman–Crippen LogP) is 1.56. The highest BCUT2D eigenvalue weighted by Gasteiger charge is 2.23. The maximum atomic E-state index is 11.0. The molecule has 1 rings (SSSR count). The summed E-state index contributed by atoms with van der Waals surface area (Å²) < 4.78 is 35.4.